The second kappa shape index (κ2) is 8.57. The van der Waals surface area contributed by atoms with Gasteiger partial charge in [-0.25, -0.2) is 8.42 Å². The second-order valence-corrected chi connectivity index (χ2v) is 8.53. The Morgan fingerprint density at radius 2 is 1.82 bits per heavy atom. The molecule has 0 bridgehead atoms. The van der Waals surface area contributed by atoms with E-state index in [9.17, 15) is 23.3 Å². The molecule has 150 valence electrons. The summed E-state index contributed by atoms with van der Waals surface area (Å²) in [5.41, 5.74) is 0.278. The van der Waals surface area contributed by atoms with Crippen molar-refractivity contribution >= 4 is 39.0 Å². The number of hydrogen-bond donors (Lipinski definition) is 0. The van der Waals surface area contributed by atoms with Crippen LogP contribution in [-0.4, -0.2) is 32.0 Å². The Balaban J connectivity index is 2.55. The van der Waals surface area contributed by atoms with E-state index in [0.29, 0.717) is 10.6 Å². The molecule has 0 fully saturated rings. The van der Waals surface area contributed by atoms with Crippen LogP contribution in [0.4, 0.5) is 11.4 Å². The van der Waals surface area contributed by atoms with Gasteiger partial charge in [-0.1, -0.05) is 11.6 Å². The monoisotopic (exact) mass is 426 g/mol. The van der Waals surface area contributed by atoms with E-state index in [4.69, 9.17) is 16.3 Å². The van der Waals surface area contributed by atoms with Crippen LogP contribution in [0.25, 0.3) is 0 Å². The average molecular weight is 427 g/mol. The van der Waals surface area contributed by atoms with Crippen LogP contribution in [0.1, 0.15) is 19.4 Å². The zero-order chi connectivity index (χ0) is 21.1. The fourth-order valence-corrected chi connectivity index (χ4v) is 4.08. The highest BCUT2D eigenvalue weighted by atomic mass is 35.5. The van der Waals surface area contributed by atoms with Crippen LogP contribution in [0.2, 0.25) is 5.02 Å². The van der Waals surface area contributed by atoms with E-state index in [0.717, 1.165) is 4.31 Å². The number of ether oxygens (including phenoxy) is 1. The number of nitro groups is 1. The maximum atomic E-state index is 13.2. The van der Waals surface area contributed by atoms with Crippen LogP contribution < -0.4 is 4.31 Å². The molecule has 2 aromatic rings. The van der Waals surface area contributed by atoms with E-state index in [-0.39, 0.29) is 16.3 Å². The number of carbonyl (C=O) groups is 1. The number of carbonyl (C=O) groups excluding carboxylic acids is 1. The number of hydrogen-bond acceptors (Lipinski definition) is 6. The first kappa shape index (κ1) is 21.6. The molecule has 0 aliphatic carbocycles. The summed E-state index contributed by atoms with van der Waals surface area (Å²) in [5.74, 6) is -0.745. The predicted molar refractivity (Wildman–Crippen MR) is 105 cm³/mol. The third kappa shape index (κ3) is 4.99. The fraction of sp³-hybridized carbons (Fsp3) is 0.278. The van der Waals surface area contributed by atoms with Gasteiger partial charge >= 0.3 is 5.97 Å². The Morgan fingerprint density at radius 1 is 1.21 bits per heavy atom. The van der Waals surface area contributed by atoms with Gasteiger partial charge in [0.25, 0.3) is 15.7 Å². The van der Waals surface area contributed by atoms with Gasteiger partial charge in [0, 0.05) is 17.2 Å². The van der Waals surface area contributed by atoms with Crippen LogP contribution in [0.5, 0.6) is 0 Å². The van der Waals surface area contributed by atoms with Crippen molar-refractivity contribution in [3.63, 3.8) is 0 Å². The molecule has 0 spiro atoms. The van der Waals surface area contributed by atoms with Crippen molar-refractivity contribution in [3.05, 3.63) is 63.2 Å². The molecule has 2 rings (SSSR count). The van der Waals surface area contributed by atoms with E-state index in [1.54, 1.807) is 13.8 Å². The summed E-state index contributed by atoms with van der Waals surface area (Å²) in [5, 5.41) is 11.3. The Labute approximate surface area is 167 Å². The van der Waals surface area contributed by atoms with E-state index >= 15 is 0 Å². The highest BCUT2D eigenvalue weighted by Crippen LogP contribution is 2.30. The minimum atomic E-state index is -4.15. The zero-order valence-electron chi connectivity index (χ0n) is 15.5. The molecule has 0 aliphatic rings. The molecule has 0 radical (unpaired) electrons. The second-order valence-electron chi connectivity index (χ2n) is 6.23. The third-order valence-corrected chi connectivity index (χ3v) is 5.73. The molecule has 0 amide bonds. The van der Waals surface area contributed by atoms with Crippen molar-refractivity contribution in [3.8, 4) is 0 Å². The van der Waals surface area contributed by atoms with Gasteiger partial charge in [-0.15, -0.1) is 0 Å². The first-order valence-corrected chi connectivity index (χ1v) is 10.1. The molecular weight excluding hydrogens is 408 g/mol. The van der Waals surface area contributed by atoms with Crippen LogP contribution in [0.3, 0.4) is 0 Å². The smallest absolute Gasteiger partial charge is 0.327 e. The van der Waals surface area contributed by atoms with E-state index < -0.39 is 33.6 Å². The van der Waals surface area contributed by atoms with Gasteiger partial charge in [0.15, 0.2) is 0 Å². The number of non-ortho nitro benzene ring substituents is 1. The van der Waals surface area contributed by atoms with Crippen molar-refractivity contribution in [2.45, 2.75) is 31.8 Å². The number of halogens is 1. The van der Waals surface area contributed by atoms with Gasteiger partial charge < -0.3 is 4.74 Å². The summed E-state index contributed by atoms with van der Waals surface area (Å²) in [7, 11) is -4.15. The maximum absolute atomic E-state index is 13.2. The van der Waals surface area contributed by atoms with Gasteiger partial charge in [-0.2, -0.15) is 0 Å². The number of nitrogens with zero attached hydrogens (tertiary/aromatic N) is 2. The number of sulfonamides is 1. The van der Waals surface area contributed by atoms with Gasteiger partial charge in [0.2, 0.25) is 0 Å². The minimum Gasteiger partial charge on any atom is -0.462 e. The Bertz CT molecular complexity index is 990. The van der Waals surface area contributed by atoms with Gasteiger partial charge in [0.1, 0.15) is 6.54 Å². The molecule has 0 atom stereocenters. The molecule has 0 aromatic heterocycles. The highest BCUT2D eigenvalue weighted by Gasteiger charge is 2.29. The molecule has 0 saturated carbocycles. The summed E-state index contributed by atoms with van der Waals surface area (Å²) < 4.78 is 32.3. The molecule has 0 N–H and O–H groups in total. The normalized spacial score (nSPS) is 11.3. The number of esters is 1. The fourth-order valence-electron chi connectivity index (χ4n) is 2.48. The molecule has 0 unspecified atom stereocenters. The van der Waals surface area contributed by atoms with Crippen molar-refractivity contribution in [1.82, 2.24) is 0 Å². The largest absolute Gasteiger partial charge is 0.462 e. The van der Waals surface area contributed by atoms with E-state index in [2.05, 4.69) is 0 Å². The number of rotatable bonds is 7. The van der Waals surface area contributed by atoms with Crippen LogP contribution >= 0.6 is 11.6 Å². The SMILES string of the molecule is Cc1cc([N+](=O)[O-])ccc1N(CC(=O)OC(C)C)S(=O)(=O)c1ccc(Cl)cc1. The highest BCUT2D eigenvalue weighted by molar-refractivity contribution is 7.92. The maximum Gasteiger partial charge on any atom is 0.327 e. The van der Waals surface area contributed by atoms with Crippen molar-refractivity contribution in [2.24, 2.45) is 0 Å². The lowest BCUT2D eigenvalue weighted by Gasteiger charge is -2.25. The van der Waals surface area contributed by atoms with Crippen molar-refractivity contribution in [1.29, 1.82) is 0 Å². The van der Waals surface area contributed by atoms with E-state index in [1.807, 2.05) is 0 Å². The lowest BCUT2D eigenvalue weighted by atomic mass is 10.2. The summed E-state index contributed by atoms with van der Waals surface area (Å²) >= 11 is 5.83. The summed E-state index contributed by atoms with van der Waals surface area (Å²) in [6, 6.07) is 9.19. The predicted octanol–water partition coefficient (Wildman–Crippen LogP) is 3.70. The molecule has 0 aliphatic heterocycles. The Hall–Kier alpha value is -2.65. The molecular formula is C18H19ClN2O6S. The average Bonchev–Trinajstić information content (AvgIpc) is 2.59. The summed E-state index contributed by atoms with van der Waals surface area (Å²) in [6.07, 6.45) is -0.425. The van der Waals surface area contributed by atoms with Gasteiger partial charge in [-0.3, -0.25) is 19.2 Å². The lowest BCUT2D eigenvalue weighted by Crippen LogP contribution is -2.37. The molecule has 8 nitrogen and oxygen atoms in total. The Kier molecular flexibility index (Phi) is 6.63. The third-order valence-electron chi connectivity index (χ3n) is 3.70. The van der Waals surface area contributed by atoms with Gasteiger partial charge in [-0.05, 0) is 56.7 Å². The Morgan fingerprint density at radius 3 is 2.32 bits per heavy atom. The number of aryl methyl sites for hydroxylation is 1. The molecule has 0 saturated heterocycles. The molecule has 0 heterocycles. The first-order valence-electron chi connectivity index (χ1n) is 8.25. The number of nitro benzene ring substituents is 1. The quantitative estimate of drug-likeness (QED) is 0.379. The molecule has 2 aromatic carbocycles. The van der Waals surface area contributed by atoms with Crippen LogP contribution in [0, 0.1) is 17.0 Å². The zero-order valence-corrected chi connectivity index (χ0v) is 17.0. The molecule has 10 heteroatoms. The van der Waals surface area contributed by atoms with E-state index in [1.165, 1.54) is 49.4 Å². The van der Waals surface area contributed by atoms with Crippen LogP contribution in [-0.2, 0) is 19.6 Å². The van der Waals surface area contributed by atoms with Crippen molar-refractivity contribution in [2.75, 3.05) is 10.8 Å². The standard InChI is InChI=1S/C18H19ClN2O6S/c1-12(2)27-18(22)11-20(17-9-6-15(21(23)24)10-13(17)3)28(25,26)16-7-4-14(19)5-8-16/h4-10,12H,11H2,1-3H3. The summed E-state index contributed by atoms with van der Waals surface area (Å²) in [6.45, 7) is 4.24. The molecule has 28 heavy (non-hydrogen) atoms. The lowest BCUT2D eigenvalue weighted by molar-refractivity contribution is -0.384. The van der Waals surface area contributed by atoms with Crippen molar-refractivity contribution < 1.29 is 22.9 Å². The number of benzene rings is 2. The minimum absolute atomic E-state index is 0.0769. The van der Waals surface area contributed by atoms with Crippen LogP contribution in [0.15, 0.2) is 47.4 Å². The first-order chi connectivity index (χ1) is 13.0. The topological polar surface area (TPSA) is 107 Å². The number of anilines is 1. The summed E-state index contributed by atoms with van der Waals surface area (Å²) in [4.78, 5) is 22.5. The van der Waals surface area contributed by atoms with Gasteiger partial charge in [0.05, 0.1) is 21.6 Å².